The van der Waals surface area contributed by atoms with Gasteiger partial charge in [-0.15, -0.1) is 0 Å². The van der Waals surface area contributed by atoms with Crippen LogP contribution in [-0.2, 0) is 4.84 Å². The van der Waals surface area contributed by atoms with Crippen LogP contribution < -0.4 is 0 Å². The Balaban J connectivity index is 1.25. The van der Waals surface area contributed by atoms with Crippen molar-refractivity contribution in [2.24, 2.45) is 22.9 Å². The van der Waals surface area contributed by atoms with E-state index in [1.807, 2.05) is 11.0 Å². The molecule has 4 aliphatic rings. The van der Waals surface area contributed by atoms with E-state index in [4.69, 9.17) is 4.84 Å². The normalized spacial score (nSPS) is 31.9. The number of nitrogens with one attached hydrogen (secondary N) is 1. The minimum absolute atomic E-state index is 0.0445. The summed E-state index contributed by atoms with van der Waals surface area (Å²) in [4.78, 5) is 22.8. The molecule has 3 fully saturated rings. The first kappa shape index (κ1) is 16.1. The number of carbonyl (C=O) groups is 1. The number of likely N-dealkylation sites (tertiary alicyclic amines) is 1. The minimum Gasteiger partial charge on any atom is -0.366 e. The van der Waals surface area contributed by atoms with Crippen molar-refractivity contribution in [3.63, 3.8) is 0 Å². The molecule has 1 aromatic heterocycles. The first-order chi connectivity index (χ1) is 12.4. The van der Waals surface area contributed by atoms with Gasteiger partial charge in [0, 0.05) is 30.7 Å². The van der Waals surface area contributed by atoms with Gasteiger partial charge in [-0.25, -0.2) is 0 Å². The van der Waals surface area contributed by atoms with Crippen molar-refractivity contribution in [1.29, 1.82) is 0 Å². The Bertz CT molecular complexity index is 767. The van der Waals surface area contributed by atoms with Gasteiger partial charge in [-0.3, -0.25) is 9.89 Å². The van der Waals surface area contributed by atoms with E-state index in [0.29, 0.717) is 35.4 Å². The number of amidine groups is 1. The van der Waals surface area contributed by atoms with E-state index in [1.54, 1.807) is 0 Å². The third-order valence-electron chi connectivity index (χ3n) is 6.32. The van der Waals surface area contributed by atoms with Crippen molar-refractivity contribution < 1.29 is 9.63 Å². The average molecular weight is 357 g/mol. The fourth-order valence-corrected chi connectivity index (χ4v) is 4.68. The van der Waals surface area contributed by atoms with Gasteiger partial charge >= 0.3 is 0 Å². The molecule has 1 aromatic rings. The Morgan fingerprint density at radius 2 is 2.00 bits per heavy atom. The highest BCUT2D eigenvalue weighted by molar-refractivity contribution is 5.94. The van der Waals surface area contributed by atoms with Crippen LogP contribution in [0.25, 0.3) is 0 Å². The number of aromatic nitrogens is 2. The largest absolute Gasteiger partial charge is 0.366 e. The van der Waals surface area contributed by atoms with E-state index in [0.717, 1.165) is 24.6 Å². The molecule has 2 saturated carbocycles. The lowest BCUT2D eigenvalue weighted by molar-refractivity contribution is -0.0718. The Kier molecular flexibility index (Phi) is 3.25. The third kappa shape index (κ3) is 2.36. The number of hydrogen-bond donors (Lipinski definition) is 1. The molecule has 2 aliphatic heterocycles. The molecule has 2 aliphatic carbocycles. The van der Waals surface area contributed by atoms with E-state index >= 15 is 0 Å². The molecule has 7 heteroatoms. The zero-order valence-corrected chi connectivity index (χ0v) is 15.9. The summed E-state index contributed by atoms with van der Waals surface area (Å²) in [6.07, 6.45) is 2.46. The predicted molar refractivity (Wildman–Crippen MR) is 96.5 cm³/mol. The Labute approximate surface area is 153 Å². The molecule has 1 N–H and O–H groups in total. The maximum Gasteiger partial charge on any atom is 0.274 e. The maximum absolute atomic E-state index is 12.7. The van der Waals surface area contributed by atoms with Crippen LogP contribution in [0.1, 0.15) is 62.6 Å². The number of oxime groups is 1. The lowest BCUT2D eigenvalue weighted by atomic mass is 10.1. The number of hydrogen-bond acceptors (Lipinski definition) is 5. The smallest absolute Gasteiger partial charge is 0.274 e. The second-order valence-electron chi connectivity index (χ2n) is 9.02. The Morgan fingerprint density at radius 3 is 2.58 bits per heavy atom. The molecule has 7 nitrogen and oxygen atoms in total. The fraction of sp³-hybridized carbons (Fsp3) is 0.737. The number of carbonyl (C=O) groups excluding carboxylic acids is 1. The topological polar surface area (TPSA) is 73.8 Å². The van der Waals surface area contributed by atoms with Gasteiger partial charge in [0.15, 0.2) is 5.84 Å². The summed E-state index contributed by atoms with van der Waals surface area (Å²) in [5.41, 5.74) is 1.22. The zero-order valence-electron chi connectivity index (χ0n) is 15.9. The van der Waals surface area contributed by atoms with Crippen molar-refractivity contribution in [2.45, 2.75) is 58.2 Å². The minimum atomic E-state index is -0.328. The zero-order chi connectivity index (χ0) is 18.2. The maximum atomic E-state index is 12.7. The molecule has 0 bridgehead atoms. The summed E-state index contributed by atoms with van der Waals surface area (Å²) in [5, 5.41) is 11.6. The summed E-state index contributed by atoms with van der Waals surface area (Å²) in [6, 6.07) is 2.48. The molecule has 2 atom stereocenters. The predicted octanol–water partition coefficient (Wildman–Crippen LogP) is 2.40. The van der Waals surface area contributed by atoms with Crippen LogP contribution in [-0.4, -0.2) is 56.6 Å². The second kappa shape index (κ2) is 5.24. The van der Waals surface area contributed by atoms with Gasteiger partial charge in [0.25, 0.3) is 5.91 Å². The lowest BCUT2D eigenvalue weighted by Gasteiger charge is -2.32. The molecule has 5 rings (SSSR count). The number of piperidine rings is 1. The van der Waals surface area contributed by atoms with Gasteiger partial charge in [0.05, 0.1) is 0 Å². The number of nitrogens with zero attached hydrogens (tertiary/aromatic N) is 4. The summed E-state index contributed by atoms with van der Waals surface area (Å²) >= 11 is 0. The van der Waals surface area contributed by atoms with Gasteiger partial charge in [-0.1, -0.05) is 19.0 Å². The number of amides is 1. The van der Waals surface area contributed by atoms with Crippen LogP contribution in [0.4, 0.5) is 0 Å². The van der Waals surface area contributed by atoms with E-state index in [2.05, 4.69) is 47.9 Å². The number of fused-ring (bicyclic) bond motifs is 1. The monoisotopic (exact) mass is 357 g/mol. The van der Waals surface area contributed by atoms with Crippen molar-refractivity contribution in [3.05, 3.63) is 17.5 Å². The van der Waals surface area contributed by atoms with E-state index in [1.165, 1.54) is 12.8 Å². The second-order valence-corrected chi connectivity index (χ2v) is 9.02. The highest BCUT2D eigenvalue weighted by atomic mass is 16.7. The van der Waals surface area contributed by atoms with Crippen molar-refractivity contribution in [1.82, 2.24) is 20.0 Å². The lowest BCUT2D eigenvalue weighted by Crippen LogP contribution is -2.47. The molecule has 140 valence electrons. The molecule has 1 amide bonds. The molecule has 3 heterocycles. The molecule has 0 aromatic carbocycles. The number of H-pyrrole nitrogens is 1. The first-order valence-electron chi connectivity index (χ1n) is 9.77. The van der Waals surface area contributed by atoms with Gasteiger partial charge in [-0.2, -0.15) is 5.10 Å². The Hall–Kier alpha value is -2.05. The first-order valence-corrected chi connectivity index (χ1v) is 9.77. The van der Waals surface area contributed by atoms with Crippen molar-refractivity contribution >= 4 is 11.7 Å². The SMILES string of the molecule is CC(C)c1cc(C(=O)N2CC3C(C2)C3C2=NOC(C)(C)N2C2CC2)n[nH]1. The molecule has 1 saturated heterocycles. The quantitative estimate of drug-likeness (QED) is 0.898. The number of aromatic amines is 1. The van der Waals surface area contributed by atoms with Crippen LogP contribution in [0.3, 0.4) is 0 Å². The van der Waals surface area contributed by atoms with Crippen molar-refractivity contribution in [2.75, 3.05) is 13.1 Å². The summed E-state index contributed by atoms with van der Waals surface area (Å²) in [7, 11) is 0. The molecule has 0 radical (unpaired) electrons. The average Bonchev–Trinajstić information content (AvgIpc) is 3.35. The van der Waals surface area contributed by atoms with E-state index in [9.17, 15) is 4.79 Å². The van der Waals surface area contributed by atoms with Gasteiger partial charge in [-0.05, 0) is 50.5 Å². The Morgan fingerprint density at radius 1 is 1.31 bits per heavy atom. The standard InChI is InChI=1S/C19H27N5O2/c1-10(2)14-7-15(21-20-14)18(25)23-8-12-13(9-23)16(12)17-22-26-19(3,4)24(17)11-5-6-11/h7,10-13,16H,5-6,8-9H2,1-4H3,(H,20,21). The van der Waals surface area contributed by atoms with E-state index < -0.39 is 0 Å². The summed E-state index contributed by atoms with van der Waals surface area (Å²) in [6.45, 7) is 9.98. The van der Waals surface area contributed by atoms with Crippen LogP contribution in [0.5, 0.6) is 0 Å². The van der Waals surface area contributed by atoms with Gasteiger partial charge < -0.3 is 14.6 Å². The van der Waals surface area contributed by atoms with Crippen LogP contribution in [0.2, 0.25) is 0 Å². The van der Waals surface area contributed by atoms with Crippen LogP contribution in [0, 0.1) is 17.8 Å². The molecular formula is C19H27N5O2. The summed E-state index contributed by atoms with van der Waals surface area (Å²) < 4.78 is 0. The fourth-order valence-electron chi connectivity index (χ4n) is 4.68. The highest BCUT2D eigenvalue weighted by Gasteiger charge is 2.63. The molecular weight excluding hydrogens is 330 g/mol. The number of rotatable bonds is 4. The third-order valence-corrected chi connectivity index (χ3v) is 6.32. The van der Waals surface area contributed by atoms with Gasteiger partial charge in [0.1, 0.15) is 5.69 Å². The van der Waals surface area contributed by atoms with Crippen LogP contribution in [0.15, 0.2) is 11.2 Å². The summed E-state index contributed by atoms with van der Waals surface area (Å²) in [5.74, 6) is 2.99. The van der Waals surface area contributed by atoms with Gasteiger partial charge in [0.2, 0.25) is 5.72 Å². The molecule has 0 spiro atoms. The molecule has 26 heavy (non-hydrogen) atoms. The van der Waals surface area contributed by atoms with Crippen molar-refractivity contribution in [3.8, 4) is 0 Å². The van der Waals surface area contributed by atoms with E-state index in [-0.39, 0.29) is 11.6 Å². The highest BCUT2D eigenvalue weighted by Crippen LogP contribution is 2.55. The van der Waals surface area contributed by atoms with Crippen LogP contribution >= 0.6 is 0 Å². The molecule has 2 unspecified atom stereocenters.